The molecule has 0 unspecified atom stereocenters. The van der Waals surface area contributed by atoms with Crippen LogP contribution in [0.4, 0.5) is 5.69 Å². The zero-order valence-corrected chi connectivity index (χ0v) is 22.7. The first-order chi connectivity index (χ1) is 17.7. The maximum atomic E-state index is 14.3. The highest BCUT2D eigenvalue weighted by molar-refractivity contribution is 8.01. The van der Waals surface area contributed by atoms with Gasteiger partial charge < -0.3 is 19.3 Å². The number of anilines is 1. The van der Waals surface area contributed by atoms with Crippen LogP contribution in [0.3, 0.4) is 0 Å². The van der Waals surface area contributed by atoms with E-state index in [0.29, 0.717) is 35.9 Å². The monoisotopic (exact) mass is 516 g/mol. The van der Waals surface area contributed by atoms with Crippen molar-refractivity contribution >= 4 is 29.3 Å². The Morgan fingerprint density at radius 2 is 1.59 bits per heavy atom. The van der Waals surface area contributed by atoms with E-state index in [2.05, 4.69) is 45.0 Å². The van der Waals surface area contributed by atoms with Gasteiger partial charge in [-0.2, -0.15) is 0 Å². The summed E-state index contributed by atoms with van der Waals surface area (Å²) in [6, 6.07) is 21.2. The summed E-state index contributed by atoms with van der Waals surface area (Å²) >= 11 is 1.51. The molecule has 3 aromatic rings. The number of amides is 2. The summed E-state index contributed by atoms with van der Waals surface area (Å²) in [4.78, 5) is 30.5. The summed E-state index contributed by atoms with van der Waals surface area (Å²) in [6.45, 7) is 7.46. The maximum absolute atomic E-state index is 14.3. The van der Waals surface area contributed by atoms with Gasteiger partial charge in [0.05, 0.1) is 26.5 Å². The molecule has 5 rings (SSSR count). The molecule has 0 aliphatic carbocycles. The molecule has 192 valence electrons. The molecule has 3 aromatic carbocycles. The molecule has 1 spiro atoms. The van der Waals surface area contributed by atoms with Crippen molar-refractivity contribution in [1.29, 1.82) is 0 Å². The molecule has 7 heteroatoms. The van der Waals surface area contributed by atoms with Crippen LogP contribution in [0.1, 0.15) is 47.8 Å². The van der Waals surface area contributed by atoms with Crippen molar-refractivity contribution in [3.8, 4) is 11.5 Å². The van der Waals surface area contributed by atoms with E-state index < -0.39 is 4.87 Å². The zero-order valence-electron chi connectivity index (χ0n) is 21.9. The Bertz CT molecular complexity index is 1330. The average Bonchev–Trinajstić information content (AvgIpc) is 3.44. The van der Waals surface area contributed by atoms with Crippen molar-refractivity contribution < 1.29 is 19.1 Å². The predicted molar refractivity (Wildman–Crippen MR) is 147 cm³/mol. The first-order valence-corrected chi connectivity index (χ1v) is 13.4. The van der Waals surface area contributed by atoms with E-state index in [1.807, 2.05) is 23.1 Å². The lowest BCUT2D eigenvalue weighted by Crippen LogP contribution is -2.50. The molecule has 2 amide bonds. The van der Waals surface area contributed by atoms with Gasteiger partial charge in [-0.1, -0.05) is 45.0 Å². The van der Waals surface area contributed by atoms with E-state index >= 15 is 0 Å². The van der Waals surface area contributed by atoms with Crippen molar-refractivity contribution in [1.82, 2.24) is 4.90 Å². The number of thioether (sulfide) groups is 1. The van der Waals surface area contributed by atoms with Crippen LogP contribution in [0.15, 0.2) is 66.7 Å². The highest BCUT2D eigenvalue weighted by Gasteiger charge is 2.59. The summed E-state index contributed by atoms with van der Waals surface area (Å²) in [6.07, 6.45) is 0. The normalized spacial score (nSPS) is 18.9. The van der Waals surface area contributed by atoms with E-state index in [4.69, 9.17) is 9.47 Å². The van der Waals surface area contributed by atoms with Crippen LogP contribution in [0.5, 0.6) is 11.5 Å². The summed E-state index contributed by atoms with van der Waals surface area (Å²) in [5.41, 5.74) is 4.47. The lowest BCUT2D eigenvalue weighted by molar-refractivity contribution is -0.123. The highest BCUT2D eigenvalue weighted by atomic mass is 32.2. The Morgan fingerprint density at radius 1 is 0.946 bits per heavy atom. The minimum atomic E-state index is -1.13. The molecule has 2 aliphatic heterocycles. The number of benzene rings is 3. The molecule has 1 atom stereocenters. The average molecular weight is 517 g/mol. The van der Waals surface area contributed by atoms with Crippen molar-refractivity contribution in [3.63, 3.8) is 0 Å². The number of hydrogen-bond donors (Lipinski definition) is 0. The minimum Gasteiger partial charge on any atom is -0.497 e. The van der Waals surface area contributed by atoms with Crippen LogP contribution < -0.4 is 14.4 Å². The van der Waals surface area contributed by atoms with Gasteiger partial charge in [0.25, 0.3) is 11.8 Å². The van der Waals surface area contributed by atoms with E-state index in [-0.39, 0.29) is 17.2 Å². The van der Waals surface area contributed by atoms with Gasteiger partial charge in [0, 0.05) is 23.4 Å². The fraction of sp³-hybridized carbons (Fsp3) is 0.333. The minimum absolute atomic E-state index is 0.0536. The third-order valence-corrected chi connectivity index (χ3v) is 8.56. The van der Waals surface area contributed by atoms with E-state index in [1.165, 1.54) is 17.3 Å². The van der Waals surface area contributed by atoms with Gasteiger partial charge in [0.15, 0.2) is 4.87 Å². The quantitative estimate of drug-likeness (QED) is 0.443. The largest absolute Gasteiger partial charge is 0.497 e. The Hall–Kier alpha value is -3.45. The lowest BCUT2D eigenvalue weighted by Gasteiger charge is -2.33. The van der Waals surface area contributed by atoms with Gasteiger partial charge in [-0.25, -0.2) is 0 Å². The van der Waals surface area contributed by atoms with Crippen molar-refractivity contribution in [3.05, 3.63) is 89.0 Å². The molecular formula is C30H32N2O4S. The highest BCUT2D eigenvalue weighted by Crippen LogP contribution is 2.55. The molecule has 2 aliphatic rings. The third kappa shape index (κ3) is 4.25. The molecular weight excluding hydrogens is 484 g/mol. The first kappa shape index (κ1) is 25.2. The van der Waals surface area contributed by atoms with E-state index in [0.717, 1.165) is 16.8 Å². The second-order valence-electron chi connectivity index (χ2n) is 10.4. The van der Waals surface area contributed by atoms with Crippen molar-refractivity contribution in [2.24, 2.45) is 0 Å². The molecule has 0 aromatic heterocycles. The van der Waals surface area contributed by atoms with Crippen LogP contribution >= 0.6 is 11.8 Å². The zero-order chi connectivity index (χ0) is 26.4. The lowest BCUT2D eigenvalue weighted by atomic mass is 9.87. The Labute approximate surface area is 222 Å². The van der Waals surface area contributed by atoms with Crippen LogP contribution in [0, 0.1) is 0 Å². The van der Waals surface area contributed by atoms with Crippen molar-refractivity contribution in [2.75, 3.05) is 31.4 Å². The molecule has 2 heterocycles. The molecule has 37 heavy (non-hydrogen) atoms. The van der Waals surface area contributed by atoms with Gasteiger partial charge in [0.2, 0.25) is 0 Å². The number of fused-ring (bicyclic) bond motifs is 2. The van der Waals surface area contributed by atoms with Crippen LogP contribution in [-0.2, 0) is 21.6 Å². The topological polar surface area (TPSA) is 59.1 Å². The van der Waals surface area contributed by atoms with Crippen molar-refractivity contribution in [2.45, 2.75) is 37.6 Å². The van der Waals surface area contributed by atoms with Gasteiger partial charge in [-0.15, -0.1) is 11.8 Å². The third-order valence-electron chi connectivity index (χ3n) is 7.14. The van der Waals surface area contributed by atoms with Crippen LogP contribution in [0.2, 0.25) is 0 Å². The molecule has 0 radical (unpaired) electrons. The molecule has 6 nitrogen and oxygen atoms in total. The summed E-state index contributed by atoms with van der Waals surface area (Å²) in [5, 5.41) is 0. The van der Waals surface area contributed by atoms with Gasteiger partial charge >= 0.3 is 0 Å². The predicted octanol–water partition coefficient (Wildman–Crippen LogP) is 5.59. The number of nitrogens with zero attached hydrogens (tertiary/aromatic N) is 2. The Morgan fingerprint density at radius 3 is 2.22 bits per heavy atom. The molecule has 0 N–H and O–H groups in total. The molecule has 0 saturated carbocycles. The fourth-order valence-corrected chi connectivity index (χ4v) is 6.51. The number of carbonyl (C=O) groups is 2. The number of hydrogen-bond acceptors (Lipinski definition) is 5. The molecule has 1 saturated heterocycles. The van der Waals surface area contributed by atoms with Crippen LogP contribution in [0.25, 0.3) is 0 Å². The first-order valence-electron chi connectivity index (χ1n) is 12.4. The van der Waals surface area contributed by atoms with Gasteiger partial charge in [-0.3, -0.25) is 9.59 Å². The van der Waals surface area contributed by atoms with Gasteiger partial charge in [0.1, 0.15) is 11.5 Å². The number of ether oxygens (including phenoxy) is 2. The van der Waals surface area contributed by atoms with Gasteiger partial charge in [-0.05, 0) is 59.0 Å². The summed E-state index contributed by atoms with van der Waals surface area (Å²) in [5.74, 6) is 1.73. The summed E-state index contributed by atoms with van der Waals surface area (Å²) in [7, 11) is 3.21. The molecule has 0 bridgehead atoms. The second kappa shape index (κ2) is 9.45. The fourth-order valence-electron chi connectivity index (χ4n) is 5.06. The number of methoxy groups -OCH3 is 2. The molecule has 1 fully saturated rings. The number of rotatable bonds is 5. The standard InChI is InChI=1S/C30H32N2O4S/c1-29(2,3)22-10-6-20(7-11-22)19-31-26-15-14-24(36-5)18-25(26)30(28(31)34)32(16-17-37-30)27(33)21-8-12-23(35-4)13-9-21/h6-15,18H,16-17,19H2,1-5H3/t30-/m1/s1. The van der Waals surface area contributed by atoms with Crippen LogP contribution in [-0.4, -0.2) is 43.2 Å². The number of carbonyl (C=O) groups excluding carboxylic acids is 2. The SMILES string of the molecule is COc1ccc(C(=O)N2CCS[C@]23C(=O)N(Cc2ccc(C(C)(C)C)cc2)c2ccc(OC)cc23)cc1. The Kier molecular flexibility index (Phi) is 6.44. The smallest absolute Gasteiger partial charge is 0.268 e. The maximum Gasteiger partial charge on any atom is 0.268 e. The van der Waals surface area contributed by atoms with E-state index in [9.17, 15) is 9.59 Å². The Balaban J connectivity index is 1.54. The second-order valence-corrected chi connectivity index (χ2v) is 11.7. The summed E-state index contributed by atoms with van der Waals surface area (Å²) < 4.78 is 10.8. The van der Waals surface area contributed by atoms with E-state index in [1.54, 1.807) is 43.4 Å².